The molecule has 1 aliphatic carbocycles. The Balaban J connectivity index is 1.99. The van der Waals surface area contributed by atoms with Crippen LogP contribution in [0, 0.1) is 0 Å². The normalized spacial score (nSPS) is 29.9. The Morgan fingerprint density at radius 2 is 1.75 bits per heavy atom. The van der Waals surface area contributed by atoms with Crippen LogP contribution in [0.3, 0.4) is 0 Å². The van der Waals surface area contributed by atoms with Crippen LogP contribution < -0.4 is 4.74 Å². The fourth-order valence-electron chi connectivity index (χ4n) is 1.96. The summed E-state index contributed by atoms with van der Waals surface area (Å²) in [5.74, 6) is 0.757. The molecule has 1 aromatic carbocycles. The predicted octanol–water partition coefficient (Wildman–Crippen LogP) is 0.955. The smallest absolute Gasteiger partial charge is 0.118 e. The van der Waals surface area contributed by atoms with Gasteiger partial charge in [0.25, 0.3) is 0 Å². The van der Waals surface area contributed by atoms with E-state index in [9.17, 15) is 15.3 Å². The van der Waals surface area contributed by atoms with Crippen molar-refractivity contribution in [2.45, 2.75) is 31.0 Å². The highest BCUT2D eigenvalue weighted by atomic mass is 79.9. The van der Waals surface area contributed by atoms with E-state index in [2.05, 4.69) is 15.9 Å². The van der Waals surface area contributed by atoms with E-state index < -0.39 is 24.4 Å². The molecule has 0 spiro atoms. The summed E-state index contributed by atoms with van der Waals surface area (Å²) in [5.41, 5.74) is 0.920. The topological polar surface area (TPSA) is 79.2 Å². The van der Waals surface area contributed by atoms with E-state index in [1.54, 1.807) is 13.2 Å². The van der Waals surface area contributed by atoms with Crippen LogP contribution in [0.25, 0.3) is 0 Å². The third-order valence-corrected chi connectivity index (χ3v) is 3.95. The van der Waals surface area contributed by atoms with Crippen molar-refractivity contribution >= 4 is 15.9 Å². The van der Waals surface area contributed by atoms with Crippen LogP contribution in [0.2, 0.25) is 0 Å². The van der Waals surface area contributed by atoms with Crippen molar-refractivity contribution in [3.8, 4) is 5.75 Å². The van der Waals surface area contributed by atoms with Crippen LogP contribution >= 0.6 is 15.9 Å². The number of rotatable bonds is 4. The van der Waals surface area contributed by atoms with E-state index in [-0.39, 0.29) is 6.61 Å². The van der Waals surface area contributed by atoms with E-state index in [1.165, 1.54) is 0 Å². The molecular weight excluding hydrogens is 328 g/mol. The van der Waals surface area contributed by atoms with Gasteiger partial charge >= 0.3 is 0 Å². The molecule has 0 saturated carbocycles. The molecule has 0 unspecified atom stereocenters. The molecule has 1 aromatic rings. The molecule has 1 aliphatic rings. The van der Waals surface area contributed by atoms with Crippen molar-refractivity contribution in [2.75, 3.05) is 7.11 Å². The second-order valence-corrected chi connectivity index (χ2v) is 5.52. The van der Waals surface area contributed by atoms with E-state index >= 15 is 0 Å². The second-order valence-electron chi connectivity index (χ2n) is 4.60. The number of ether oxygens (including phenoxy) is 2. The lowest BCUT2D eigenvalue weighted by molar-refractivity contribution is -0.112. The van der Waals surface area contributed by atoms with Crippen molar-refractivity contribution in [3.05, 3.63) is 40.4 Å². The first-order valence-corrected chi connectivity index (χ1v) is 6.98. The van der Waals surface area contributed by atoms with E-state index in [0.29, 0.717) is 4.48 Å². The Hall–Kier alpha value is -0.920. The van der Waals surface area contributed by atoms with Gasteiger partial charge in [-0.25, -0.2) is 0 Å². The Bertz CT molecular complexity index is 473. The van der Waals surface area contributed by atoms with Gasteiger partial charge in [-0.2, -0.15) is 0 Å². The molecule has 0 radical (unpaired) electrons. The molecule has 2 rings (SSSR count). The average molecular weight is 345 g/mol. The quantitative estimate of drug-likeness (QED) is 0.758. The summed E-state index contributed by atoms with van der Waals surface area (Å²) in [5, 5.41) is 29.1. The van der Waals surface area contributed by atoms with E-state index in [4.69, 9.17) is 9.47 Å². The maximum atomic E-state index is 9.87. The molecule has 0 aromatic heterocycles. The van der Waals surface area contributed by atoms with Crippen molar-refractivity contribution in [2.24, 2.45) is 0 Å². The van der Waals surface area contributed by atoms with Crippen LogP contribution in [-0.4, -0.2) is 46.8 Å². The molecular formula is C14H17BrO5. The summed E-state index contributed by atoms with van der Waals surface area (Å²) in [6.45, 7) is 0.283. The second kappa shape index (κ2) is 6.69. The summed E-state index contributed by atoms with van der Waals surface area (Å²) < 4.78 is 11.1. The number of benzene rings is 1. The maximum absolute atomic E-state index is 9.87. The maximum Gasteiger partial charge on any atom is 0.118 e. The van der Waals surface area contributed by atoms with Crippen LogP contribution in [-0.2, 0) is 11.3 Å². The Labute approximate surface area is 125 Å². The monoisotopic (exact) mass is 344 g/mol. The molecule has 0 bridgehead atoms. The molecule has 0 fully saturated rings. The number of halogens is 1. The largest absolute Gasteiger partial charge is 0.497 e. The van der Waals surface area contributed by atoms with E-state index in [0.717, 1.165) is 11.3 Å². The van der Waals surface area contributed by atoms with Crippen molar-refractivity contribution in [1.29, 1.82) is 0 Å². The summed E-state index contributed by atoms with van der Waals surface area (Å²) in [6, 6.07) is 7.36. The highest BCUT2D eigenvalue weighted by Crippen LogP contribution is 2.26. The minimum absolute atomic E-state index is 0.283. The zero-order chi connectivity index (χ0) is 14.7. The Kier molecular flexibility index (Phi) is 5.17. The molecule has 4 atom stereocenters. The minimum Gasteiger partial charge on any atom is -0.497 e. The third kappa shape index (κ3) is 3.39. The van der Waals surface area contributed by atoms with Gasteiger partial charge in [-0.1, -0.05) is 28.1 Å². The first kappa shape index (κ1) is 15.5. The van der Waals surface area contributed by atoms with Gasteiger partial charge in [-0.3, -0.25) is 0 Å². The molecule has 0 heterocycles. The van der Waals surface area contributed by atoms with Crippen LogP contribution in [0.5, 0.6) is 5.75 Å². The number of hydrogen-bond donors (Lipinski definition) is 3. The van der Waals surface area contributed by atoms with E-state index in [1.807, 2.05) is 24.3 Å². The van der Waals surface area contributed by atoms with Gasteiger partial charge in [0.2, 0.25) is 0 Å². The fourth-order valence-corrected chi connectivity index (χ4v) is 2.49. The Morgan fingerprint density at radius 1 is 1.10 bits per heavy atom. The summed E-state index contributed by atoms with van der Waals surface area (Å²) in [6.07, 6.45) is -2.67. The molecule has 3 N–H and O–H groups in total. The summed E-state index contributed by atoms with van der Waals surface area (Å²) >= 11 is 3.15. The highest BCUT2D eigenvalue weighted by molar-refractivity contribution is 9.11. The van der Waals surface area contributed by atoms with Crippen LogP contribution in [0.15, 0.2) is 34.8 Å². The molecule has 0 amide bonds. The molecule has 20 heavy (non-hydrogen) atoms. The average Bonchev–Trinajstić information content (AvgIpc) is 2.48. The number of methoxy groups -OCH3 is 1. The third-order valence-electron chi connectivity index (χ3n) is 3.22. The van der Waals surface area contributed by atoms with Gasteiger partial charge in [0.1, 0.15) is 30.2 Å². The van der Waals surface area contributed by atoms with Gasteiger partial charge in [0.15, 0.2) is 0 Å². The van der Waals surface area contributed by atoms with Gasteiger partial charge in [-0.05, 0) is 23.8 Å². The van der Waals surface area contributed by atoms with Crippen LogP contribution in [0.4, 0.5) is 0 Å². The fraction of sp³-hybridized carbons (Fsp3) is 0.429. The zero-order valence-electron chi connectivity index (χ0n) is 10.9. The number of aliphatic hydroxyl groups is 3. The van der Waals surface area contributed by atoms with Crippen molar-refractivity contribution < 1.29 is 24.8 Å². The lowest BCUT2D eigenvalue weighted by Gasteiger charge is -2.32. The first-order chi connectivity index (χ1) is 9.52. The molecule has 110 valence electrons. The number of aliphatic hydroxyl groups excluding tert-OH is 3. The van der Waals surface area contributed by atoms with Gasteiger partial charge < -0.3 is 24.8 Å². The number of hydrogen-bond acceptors (Lipinski definition) is 5. The summed E-state index contributed by atoms with van der Waals surface area (Å²) in [7, 11) is 1.60. The van der Waals surface area contributed by atoms with Gasteiger partial charge in [0.05, 0.1) is 13.7 Å². The lowest BCUT2D eigenvalue weighted by Crippen LogP contribution is -2.48. The first-order valence-electron chi connectivity index (χ1n) is 6.19. The van der Waals surface area contributed by atoms with Crippen molar-refractivity contribution in [1.82, 2.24) is 0 Å². The molecule has 6 heteroatoms. The predicted molar refractivity (Wildman–Crippen MR) is 76.6 cm³/mol. The molecule has 0 saturated heterocycles. The Morgan fingerprint density at radius 3 is 2.35 bits per heavy atom. The van der Waals surface area contributed by atoms with Crippen LogP contribution in [0.1, 0.15) is 5.56 Å². The van der Waals surface area contributed by atoms with Crippen molar-refractivity contribution in [3.63, 3.8) is 0 Å². The SMILES string of the molecule is COc1ccc(CO[C@H]2C=C(Br)[C@@H](O)[C@@H](O)[C@@H]2O)cc1. The minimum atomic E-state index is -1.27. The standard InChI is InChI=1S/C14H17BrO5/c1-19-9-4-2-8(3-5-9)7-20-11-6-10(15)12(16)14(18)13(11)17/h2-6,11-14,16-18H,7H2,1H3/t11-,12+,13+,14+/m0/s1. The molecule has 5 nitrogen and oxygen atoms in total. The molecule has 0 aliphatic heterocycles. The summed E-state index contributed by atoms with van der Waals surface area (Å²) in [4.78, 5) is 0. The van der Waals surface area contributed by atoms with Gasteiger partial charge in [0, 0.05) is 4.48 Å². The van der Waals surface area contributed by atoms with Gasteiger partial charge in [-0.15, -0.1) is 0 Å². The lowest BCUT2D eigenvalue weighted by atomic mass is 9.96. The zero-order valence-corrected chi connectivity index (χ0v) is 12.5. The highest BCUT2D eigenvalue weighted by Gasteiger charge is 2.37.